The van der Waals surface area contributed by atoms with Gasteiger partial charge in [0.05, 0.1) is 11.3 Å². The smallest absolute Gasteiger partial charge is 0.257 e. The molecule has 0 saturated heterocycles. The lowest BCUT2D eigenvalue weighted by atomic mass is 10.1. The number of rotatable bonds is 1. The number of aromatic nitrogens is 2. The summed E-state index contributed by atoms with van der Waals surface area (Å²) in [6.45, 7) is 0. The summed E-state index contributed by atoms with van der Waals surface area (Å²) < 4.78 is 5.73. The van der Waals surface area contributed by atoms with Crippen molar-refractivity contribution in [2.75, 3.05) is 0 Å². The average Bonchev–Trinajstić information content (AvgIpc) is 2.85. The maximum absolute atomic E-state index is 11.8. The van der Waals surface area contributed by atoms with E-state index in [1.54, 1.807) is 24.4 Å². The molecule has 0 atom stereocenters. The van der Waals surface area contributed by atoms with Crippen molar-refractivity contribution >= 4 is 22.1 Å². The first-order chi connectivity index (χ1) is 9.83. The van der Waals surface area contributed by atoms with E-state index in [0.717, 1.165) is 22.1 Å². The molecule has 0 amide bonds. The Morgan fingerprint density at radius 1 is 0.950 bits per heavy atom. The zero-order valence-corrected chi connectivity index (χ0v) is 10.5. The molecule has 0 aliphatic carbocycles. The van der Waals surface area contributed by atoms with Crippen LogP contribution in [0.4, 0.5) is 0 Å². The molecule has 0 aliphatic heterocycles. The Bertz CT molecular complexity index is 982. The predicted molar refractivity (Wildman–Crippen MR) is 77.6 cm³/mol. The van der Waals surface area contributed by atoms with Gasteiger partial charge in [-0.05, 0) is 36.4 Å². The van der Waals surface area contributed by atoms with Gasteiger partial charge in [0, 0.05) is 11.6 Å². The van der Waals surface area contributed by atoms with Crippen LogP contribution in [0.25, 0.3) is 33.3 Å². The van der Waals surface area contributed by atoms with Crippen molar-refractivity contribution in [3.8, 4) is 11.3 Å². The molecule has 4 heteroatoms. The van der Waals surface area contributed by atoms with E-state index in [1.165, 1.54) is 0 Å². The maximum Gasteiger partial charge on any atom is 0.257 e. The van der Waals surface area contributed by atoms with Gasteiger partial charge in [0.1, 0.15) is 11.1 Å². The summed E-state index contributed by atoms with van der Waals surface area (Å²) in [6.07, 6.45) is 1.61. The van der Waals surface area contributed by atoms with E-state index in [2.05, 4.69) is 9.97 Å². The van der Waals surface area contributed by atoms with Crippen LogP contribution in [-0.4, -0.2) is 9.97 Å². The number of pyridine rings is 2. The molecule has 0 aliphatic rings. The summed E-state index contributed by atoms with van der Waals surface area (Å²) in [4.78, 5) is 19.1. The molecule has 4 rings (SSSR count). The van der Waals surface area contributed by atoms with Gasteiger partial charge in [-0.25, -0.2) is 4.98 Å². The highest BCUT2D eigenvalue weighted by atomic mass is 16.3. The summed E-state index contributed by atoms with van der Waals surface area (Å²) in [5.74, 6) is 0. The first kappa shape index (κ1) is 11.0. The summed E-state index contributed by atoms with van der Waals surface area (Å²) in [5.41, 5.74) is 3.36. The van der Waals surface area contributed by atoms with E-state index in [-0.39, 0.29) is 5.56 Å². The van der Waals surface area contributed by atoms with Crippen molar-refractivity contribution < 1.29 is 4.42 Å². The Kier molecular flexibility index (Phi) is 2.23. The molecule has 20 heavy (non-hydrogen) atoms. The molecule has 1 N–H and O–H groups in total. The molecular weight excluding hydrogens is 252 g/mol. The first-order valence-electron chi connectivity index (χ1n) is 6.29. The van der Waals surface area contributed by atoms with Crippen molar-refractivity contribution in [3.05, 3.63) is 65.1 Å². The Balaban J connectivity index is 2.06. The Morgan fingerprint density at radius 2 is 1.85 bits per heavy atom. The molecule has 0 unspecified atom stereocenters. The number of fused-ring (bicyclic) bond motifs is 3. The molecule has 0 spiro atoms. The number of nitrogens with one attached hydrogen (secondary N) is 1. The van der Waals surface area contributed by atoms with Gasteiger partial charge in [-0.2, -0.15) is 0 Å². The minimum Gasteiger partial charge on any atom is -0.454 e. The van der Waals surface area contributed by atoms with Gasteiger partial charge in [-0.1, -0.05) is 12.1 Å². The number of hydrogen-bond acceptors (Lipinski definition) is 3. The number of H-pyrrole nitrogens is 1. The zero-order valence-electron chi connectivity index (χ0n) is 10.5. The molecule has 3 heterocycles. The quantitative estimate of drug-likeness (QED) is 0.572. The van der Waals surface area contributed by atoms with Crippen LogP contribution >= 0.6 is 0 Å². The predicted octanol–water partition coefficient (Wildman–Crippen LogP) is 3.34. The van der Waals surface area contributed by atoms with Crippen molar-refractivity contribution in [2.45, 2.75) is 0 Å². The van der Waals surface area contributed by atoms with Crippen molar-refractivity contribution in [3.63, 3.8) is 0 Å². The lowest BCUT2D eigenvalue weighted by Crippen LogP contribution is -2.07. The third-order valence-electron chi connectivity index (χ3n) is 3.31. The molecule has 3 aromatic heterocycles. The molecular formula is C16H10N2O2. The third-order valence-corrected chi connectivity index (χ3v) is 3.31. The van der Waals surface area contributed by atoms with E-state index in [4.69, 9.17) is 4.42 Å². The second-order valence-corrected chi connectivity index (χ2v) is 4.55. The van der Waals surface area contributed by atoms with Crippen LogP contribution < -0.4 is 5.56 Å². The minimum atomic E-state index is -0.146. The normalized spacial score (nSPS) is 11.2. The number of para-hydroxylation sites is 1. The van der Waals surface area contributed by atoms with Crippen LogP contribution in [0, 0.1) is 0 Å². The van der Waals surface area contributed by atoms with Crippen molar-refractivity contribution in [2.24, 2.45) is 0 Å². The second kappa shape index (κ2) is 4.06. The fourth-order valence-corrected chi connectivity index (χ4v) is 2.36. The van der Waals surface area contributed by atoms with Crippen LogP contribution in [0.1, 0.15) is 0 Å². The highest BCUT2D eigenvalue weighted by molar-refractivity contribution is 6.02. The molecule has 0 bridgehead atoms. The average molecular weight is 262 g/mol. The van der Waals surface area contributed by atoms with E-state index >= 15 is 0 Å². The van der Waals surface area contributed by atoms with Gasteiger partial charge < -0.3 is 9.40 Å². The van der Waals surface area contributed by atoms with E-state index in [1.807, 2.05) is 30.3 Å². The van der Waals surface area contributed by atoms with Gasteiger partial charge in [0.25, 0.3) is 5.56 Å². The molecule has 4 aromatic rings. The Labute approximate surface area is 113 Å². The van der Waals surface area contributed by atoms with Gasteiger partial charge in [0.2, 0.25) is 0 Å². The molecule has 0 fully saturated rings. The molecule has 1 aromatic carbocycles. The fraction of sp³-hybridized carbons (Fsp3) is 0. The fourth-order valence-electron chi connectivity index (χ4n) is 2.36. The molecule has 4 nitrogen and oxygen atoms in total. The van der Waals surface area contributed by atoms with Gasteiger partial charge in [-0.15, -0.1) is 0 Å². The number of aromatic amines is 1. The number of furan rings is 1. The number of nitrogens with zero attached hydrogens (tertiary/aromatic N) is 1. The summed E-state index contributed by atoms with van der Waals surface area (Å²) >= 11 is 0. The molecule has 96 valence electrons. The van der Waals surface area contributed by atoms with Gasteiger partial charge in [0.15, 0.2) is 5.58 Å². The van der Waals surface area contributed by atoms with E-state index < -0.39 is 0 Å². The van der Waals surface area contributed by atoms with E-state index in [9.17, 15) is 4.79 Å². The minimum absolute atomic E-state index is 0.146. The summed E-state index contributed by atoms with van der Waals surface area (Å²) in [6, 6.07) is 14.9. The van der Waals surface area contributed by atoms with Gasteiger partial charge in [-0.3, -0.25) is 4.79 Å². The second-order valence-electron chi connectivity index (χ2n) is 4.55. The summed E-state index contributed by atoms with van der Waals surface area (Å²) in [5, 5.41) is 0.955. The number of benzene rings is 1. The SMILES string of the molecule is O=c1[nH]cccc1-c1ccc2oc3ccccc3c2n1. The van der Waals surface area contributed by atoms with Crippen molar-refractivity contribution in [1.29, 1.82) is 0 Å². The zero-order chi connectivity index (χ0) is 13.5. The van der Waals surface area contributed by atoms with Crippen LogP contribution in [0.2, 0.25) is 0 Å². The van der Waals surface area contributed by atoms with Crippen LogP contribution in [0.5, 0.6) is 0 Å². The standard InChI is InChI=1S/C16H10N2O2/c19-16-10(5-3-9-17-16)12-7-8-14-15(18-12)11-4-1-2-6-13(11)20-14/h1-9H,(H,17,19). The van der Waals surface area contributed by atoms with Gasteiger partial charge >= 0.3 is 0 Å². The topological polar surface area (TPSA) is 58.9 Å². The van der Waals surface area contributed by atoms with Crippen molar-refractivity contribution in [1.82, 2.24) is 9.97 Å². The number of hydrogen-bond donors (Lipinski definition) is 1. The third kappa shape index (κ3) is 1.55. The van der Waals surface area contributed by atoms with Crippen LogP contribution in [-0.2, 0) is 0 Å². The largest absolute Gasteiger partial charge is 0.454 e. The highest BCUT2D eigenvalue weighted by Gasteiger charge is 2.10. The summed E-state index contributed by atoms with van der Waals surface area (Å²) in [7, 11) is 0. The van der Waals surface area contributed by atoms with E-state index in [0.29, 0.717) is 11.3 Å². The van der Waals surface area contributed by atoms with Crippen LogP contribution in [0.15, 0.2) is 63.9 Å². The monoisotopic (exact) mass is 262 g/mol. The Hall–Kier alpha value is -2.88. The maximum atomic E-state index is 11.8. The lowest BCUT2D eigenvalue weighted by molar-refractivity contribution is 0.668. The first-order valence-corrected chi connectivity index (χ1v) is 6.29. The molecule has 0 radical (unpaired) electrons. The Morgan fingerprint density at radius 3 is 2.75 bits per heavy atom. The highest BCUT2D eigenvalue weighted by Crippen LogP contribution is 2.28. The van der Waals surface area contributed by atoms with Crippen LogP contribution in [0.3, 0.4) is 0 Å². The molecule has 0 saturated carbocycles. The lowest BCUT2D eigenvalue weighted by Gasteiger charge is -1.99.